The van der Waals surface area contributed by atoms with Gasteiger partial charge in [0.15, 0.2) is 0 Å². The molecule has 2 atom stereocenters. The van der Waals surface area contributed by atoms with Gasteiger partial charge in [-0.05, 0) is 55.2 Å². The summed E-state index contributed by atoms with van der Waals surface area (Å²) < 4.78 is 0. The summed E-state index contributed by atoms with van der Waals surface area (Å²) in [5, 5.41) is 3.31. The molecule has 150 valence electrons. The number of hydrogen-bond acceptors (Lipinski definition) is 3. The molecule has 29 heavy (non-hydrogen) atoms. The molecule has 0 saturated heterocycles. The number of benzene rings is 1. The van der Waals surface area contributed by atoms with Gasteiger partial charge in [0, 0.05) is 18.6 Å². The Morgan fingerprint density at radius 2 is 2.03 bits per heavy atom. The SMILES string of the molecule is C=CN=C/C(=C\C)C1=CN=C2C(=NC3Cc4ccc(C)cc4C3)NC=CC12.CC. The molecule has 4 heteroatoms. The molecular weight excluding hydrogens is 356 g/mol. The summed E-state index contributed by atoms with van der Waals surface area (Å²) in [6, 6.07) is 6.99. The van der Waals surface area contributed by atoms with Crippen molar-refractivity contribution in [3.63, 3.8) is 0 Å². The van der Waals surface area contributed by atoms with Crippen LogP contribution in [0.5, 0.6) is 0 Å². The molecule has 0 spiro atoms. The van der Waals surface area contributed by atoms with E-state index in [4.69, 9.17) is 4.99 Å². The third-order valence-corrected chi connectivity index (χ3v) is 5.27. The van der Waals surface area contributed by atoms with Crippen molar-refractivity contribution >= 4 is 17.8 Å². The van der Waals surface area contributed by atoms with Crippen molar-refractivity contribution in [3.05, 3.63) is 83.4 Å². The highest BCUT2D eigenvalue weighted by molar-refractivity contribution is 6.45. The molecule has 0 aromatic heterocycles. The van der Waals surface area contributed by atoms with Crippen molar-refractivity contribution in [3.8, 4) is 0 Å². The van der Waals surface area contributed by atoms with Crippen LogP contribution in [0, 0.1) is 12.8 Å². The zero-order valence-corrected chi connectivity index (χ0v) is 17.8. The van der Waals surface area contributed by atoms with Crippen molar-refractivity contribution in [2.45, 2.75) is 46.6 Å². The van der Waals surface area contributed by atoms with Crippen LogP contribution in [0.2, 0.25) is 0 Å². The van der Waals surface area contributed by atoms with Crippen LogP contribution in [-0.2, 0) is 12.8 Å². The van der Waals surface area contributed by atoms with Crippen LogP contribution in [0.1, 0.15) is 37.5 Å². The quantitative estimate of drug-likeness (QED) is 0.718. The molecule has 0 amide bonds. The highest BCUT2D eigenvalue weighted by Gasteiger charge is 2.31. The monoisotopic (exact) mass is 386 g/mol. The van der Waals surface area contributed by atoms with E-state index >= 15 is 0 Å². The van der Waals surface area contributed by atoms with Crippen molar-refractivity contribution < 1.29 is 0 Å². The van der Waals surface area contributed by atoms with Crippen LogP contribution >= 0.6 is 0 Å². The second kappa shape index (κ2) is 9.46. The minimum absolute atomic E-state index is 0.124. The lowest BCUT2D eigenvalue weighted by molar-refractivity contribution is 0.720. The molecule has 0 saturated carbocycles. The Kier molecular flexibility index (Phi) is 6.76. The number of rotatable bonds is 4. The van der Waals surface area contributed by atoms with Crippen LogP contribution in [0.3, 0.4) is 0 Å². The Bertz CT molecular complexity index is 957. The summed E-state index contributed by atoms with van der Waals surface area (Å²) in [4.78, 5) is 13.9. The zero-order valence-electron chi connectivity index (χ0n) is 17.8. The number of nitrogens with one attached hydrogen (secondary N) is 1. The normalized spacial score (nSPS) is 23.7. The molecule has 2 aliphatic heterocycles. The van der Waals surface area contributed by atoms with Crippen molar-refractivity contribution in [1.82, 2.24) is 5.32 Å². The largest absolute Gasteiger partial charge is 0.346 e. The minimum Gasteiger partial charge on any atom is -0.346 e. The Hall–Kier alpha value is -3.01. The first-order valence-corrected chi connectivity index (χ1v) is 10.4. The van der Waals surface area contributed by atoms with Gasteiger partial charge in [-0.15, -0.1) is 0 Å². The fourth-order valence-corrected chi connectivity index (χ4v) is 3.95. The van der Waals surface area contributed by atoms with Crippen molar-refractivity contribution in [2.24, 2.45) is 20.9 Å². The lowest BCUT2D eigenvalue weighted by Crippen LogP contribution is -2.36. The fraction of sp³-hybridized carbons (Fsp3) is 0.320. The van der Waals surface area contributed by atoms with Crippen LogP contribution < -0.4 is 5.32 Å². The molecule has 1 aliphatic carbocycles. The van der Waals surface area contributed by atoms with E-state index in [0.717, 1.165) is 35.5 Å². The predicted molar refractivity (Wildman–Crippen MR) is 125 cm³/mol. The summed E-state index contributed by atoms with van der Waals surface area (Å²) in [5.74, 6) is 1.01. The molecule has 1 N–H and O–H groups in total. The molecule has 4 rings (SSSR count). The second-order valence-electron chi connectivity index (χ2n) is 7.10. The van der Waals surface area contributed by atoms with Crippen LogP contribution in [0.4, 0.5) is 0 Å². The molecule has 0 bridgehead atoms. The van der Waals surface area contributed by atoms with E-state index < -0.39 is 0 Å². The maximum absolute atomic E-state index is 5.02. The standard InChI is InChI=1S/C23H24N4.C2H6/c1-4-16(13-24-5-2)21-14-26-22-20(21)8-9-25-23(22)27-19-11-17-7-6-15(3)10-18(17)12-19;1-2/h4-10,13-14,19-20H,2,11-12H2,1,3H3,(H,25,27);1-2H3/b16-4+,24-13?;. The number of amidine groups is 1. The van der Waals surface area contributed by atoms with Gasteiger partial charge in [-0.1, -0.05) is 56.3 Å². The van der Waals surface area contributed by atoms with E-state index in [1.807, 2.05) is 39.4 Å². The lowest BCUT2D eigenvalue weighted by Gasteiger charge is -2.21. The Labute approximate surface area is 174 Å². The van der Waals surface area contributed by atoms with Gasteiger partial charge in [-0.25, -0.2) is 0 Å². The minimum atomic E-state index is 0.124. The number of fused-ring (bicyclic) bond motifs is 2. The van der Waals surface area contributed by atoms with Crippen LogP contribution in [-0.4, -0.2) is 23.8 Å². The highest BCUT2D eigenvalue weighted by Crippen LogP contribution is 2.30. The van der Waals surface area contributed by atoms with Crippen molar-refractivity contribution in [2.75, 3.05) is 0 Å². The van der Waals surface area contributed by atoms with Crippen molar-refractivity contribution in [1.29, 1.82) is 0 Å². The van der Waals surface area contributed by atoms with Gasteiger partial charge in [0.1, 0.15) is 5.84 Å². The van der Waals surface area contributed by atoms with E-state index in [9.17, 15) is 0 Å². The van der Waals surface area contributed by atoms with E-state index in [1.165, 1.54) is 16.7 Å². The van der Waals surface area contributed by atoms with Crippen LogP contribution in [0.25, 0.3) is 0 Å². The Morgan fingerprint density at radius 3 is 2.79 bits per heavy atom. The fourth-order valence-electron chi connectivity index (χ4n) is 3.95. The molecule has 0 radical (unpaired) electrons. The third-order valence-electron chi connectivity index (χ3n) is 5.27. The van der Waals surface area contributed by atoms with E-state index in [-0.39, 0.29) is 12.0 Å². The summed E-state index contributed by atoms with van der Waals surface area (Å²) in [6.45, 7) is 11.8. The Morgan fingerprint density at radius 1 is 1.24 bits per heavy atom. The first-order chi connectivity index (χ1) is 14.2. The van der Waals surface area contributed by atoms with Gasteiger partial charge in [0.2, 0.25) is 0 Å². The smallest absolute Gasteiger partial charge is 0.148 e. The molecule has 4 nitrogen and oxygen atoms in total. The number of aliphatic imine (C=N–C) groups is 3. The maximum Gasteiger partial charge on any atom is 0.148 e. The summed E-state index contributed by atoms with van der Waals surface area (Å²) in [7, 11) is 0. The molecular formula is C25H30N4. The molecule has 3 aliphatic rings. The first-order valence-electron chi connectivity index (χ1n) is 10.4. The second-order valence-corrected chi connectivity index (χ2v) is 7.10. The topological polar surface area (TPSA) is 49.1 Å². The van der Waals surface area contributed by atoms with Gasteiger partial charge in [0.05, 0.1) is 17.7 Å². The van der Waals surface area contributed by atoms with Gasteiger partial charge >= 0.3 is 0 Å². The number of allylic oxidation sites excluding steroid dienone is 4. The maximum atomic E-state index is 5.02. The first kappa shape index (κ1) is 20.7. The zero-order chi connectivity index (χ0) is 20.8. The Balaban J connectivity index is 0.00000117. The summed E-state index contributed by atoms with van der Waals surface area (Å²) in [6.07, 6.45) is 13.5. The predicted octanol–water partition coefficient (Wildman–Crippen LogP) is 5.12. The molecule has 1 aromatic rings. The molecule has 2 heterocycles. The average Bonchev–Trinajstić information content (AvgIpc) is 3.34. The number of hydrogen-bond donors (Lipinski definition) is 1. The van der Waals surface area contributed by atoms with Gasteiger partial charge < -0.3 is 5.32 Å². The van der Waals surface area contributed by atoms with Gasteiger partial charge in [0.25, 0.3) is 0 Å². The van der Waals surface area contributed by atoms with Crippen LogP contribution in [0.15, 0.2) is 81.7 Å². The highest BCUT2D eigenvalue weighted by atomic mass is 15.0. The van der Waals surface area contributed by atoms with E-state index in [1.54, 1.807) is 6.20 Å². The summed E-state index contributed by atoms with van der Waals surface area (Å²) >= 11 is 0. The van der Waals surface area contributed by atoms with E-state index in [2.05, 4.69) is 59.2 Å². The third kappa shape index (κ3) is 4.37. The molecule has 1 aromatic carbocycles. The van der Waals surface area contributed by atoms with Gasteiger partial charge in [-0.2, -0.15) is 0 Å². The van der Waals surface area contributed by atoms with E-state index in [0.29, 0.717) is 0 Å². The molecule has 2 unspecified atom stereocenters. The van der Waals surface area contributed by atoms with Gasteiger partial charge in [-0.3, -0.25) is 15.0 Å². The number of aryl methyl sites for hydroxylation is 1. The molecule has 0 fully saturated rings. The summed E-state index contributed by atoms with van der Waals surface area (Å²) in [5.41, 5.74) is 7.36. The number of nitrogens with zero attached hydrogens (tertiary/aromatic N) is 3. The lowest BCUT2D eigenvalue weighted by atomic mass is 9.89. The average molecular weight is 387 g/mol.